The minimum atomic E-state index is 1.31. The number of rotatable bonds is 1. The van der Waals surface area contributed by atoms with Crippen LogP contribution in [0.3, 0.4) is 0 Å². The lowest BCUT2D eigenvalue weighted by Gasteiger charge is -1.94. The van der Waals surface area contributed by atoms with Crippen LogP contribution in [0.2, 0.25) is 0 Å². The highest BCUT2D eigenvalue weighted by atomic mass is 15.0. The predicted molar refractivity (Wildman–Crippen MR) is 67.4 cm³/mol. The standard InChI is InChI=1S/C15H18N/c1-16(12-8-4-2-5-9-12)15-13-10-6-3-7-11-14(13)15/h2,4-5,8-9H,3,6-7,10-11H2,1H3/q+1. The van der Waals surface area contributed by atoms with Gasteiger partial charge in [0.2, 0.25) is 11.0 Å². The van der Waals surface area contributed by atoms with Crippen molar-refractivity contribution < 1.29 is 0 Å². The molecule has 0 N–H and O–H groups in total. The summed E-state index contributed by atoms with van der Waals surface area (Å²) in [6, 6.07) is 10.7. The zero-order chi connectivity index (χ0) is 11.0. The van der Waals surface area contributed by atoms with Gasteiger partial charge in [0.05, 0.1) is 0 Å². The third-order valence-electron chi connectivity index (χ3n) is 3.71. The number of hydrogen-bond acceptors (Lipinski definition) is 0. The van der Waals surface area contributed by atoms with Crippen LogP contribution in [0.1, 0.15) is 30.4 Å². The lowest BCUT2D eigenvalue weighted by molar-refractivity contribution is 0.698. The van der Waals surface area contributed by atoms with Gasteiger partial charge in [-0.1, -0.05) is 24.6 Å². The predicted octanol–water partition coefficient (Wildman–Crippen LogP) is 2.56. The highest BCUT2D eigenvalue weighted by Crippen LogP contribution is 2.22. The molecule has 0 aliphatic heterocycles. The fourth-order valence-electron chi connectivity index (χ4n) is 2.76. The van der Waals surface area contributed by atoms with Crippen LogP contribution in [0, 0.1) is 0 Å². The van der Waals surface area contributed by atoms with E-state index in [4.69, 9.17) is 0 Å². The fraction of sp³-hybridized carbons (Fsp3) is 0.400. The second kappa shape index (κ2) is 3.89. The van der Waals surface area contributed by atoms with Gasteiger partial charge in [0, 0.05) is 23.3 Å². The fourth-order valence-corrected chi connectivity index (χ4v) is 2.76. The van der Waals surface area contributed by atoms with Crippen molar-refractivity contribution in [2.75, 3.05) is 7.05 Å². The Labute approximate surface area is 96.7 Å². The number of nitrogens with zero attached hydrogens (tertiary/aromatic N) is 1. The summed E-state index contributed by atoms with van der Waals surface area (Å²) in [5, 5.41) is 1.53. The van der Waals surface area contributed by atoms with Crippen molar-refractivity contribution in [2.45, 2.75) is 32.1 Å². The molecule has 0 heterocycles. The zero-order valence-electron chi connectivity index (χ0n) is 9.87. The Balaban J connectivity index is 2.01. The van der Waals surface area contributed by atoms with E-state index in [1.165, 1.54) is 43.1 Å². The summed E-state index contributed by atoms with van der Waals surface area (Å²) >= 11 is 0. The van der Waals surface area contributed by atoms with Crippen molar-refractivity contribution >= 4 is 5.69 Å². The maximum absolute atomic E-state index is 2.36. The molecule has 16 heavy (non-hydrogen) atoms. The van der Waals surface area contributed by atoms with Crippen LogP contribution in [-0.4, -0.2) is 7.05 Å². The van der Waals surface area contributed by atoms with Crippen LogP contribution in [0.25, 0.3) is 0 Å². The van der Waals surface area contributed by atoms with E-state index in [1.54, 1.807) is 11.1 Å². The van der Waals surface area contributed by atoms with Crippen LogP contribution >= 0.6 is 0 Å². The Morgan fingerprint density at radius 3 is 2.12 bits per heavy atom. The van der Waals surface area contributed by atoms with E-state index in [-0.39, 0.29) is 0 Å². The molecular weight excluding hydrogens is 194 g/mol. The molecule has 0 spiro atoms. The maximum Gasteiger partial charge on any atom is 0.212 e. The Hall–Kier alpha value is -1.37. The molecule has 0 bridgehead atoms. The summed E-state index contributed by atoms with van der Waals surface area (Å²) < 4.78 is 2.36. The van der Waals surface area contributed by atoms with Gasteiger partial charge >= 0.3 is 0 Å². The van der Waals surface area contributed by atoms with Crippen molar-refractivity contribution in [3.63, 3.8) is 0 Å². The van der Waals surface area contributed by atoms with Gasteiger partial charge in [-0.2, -0.15) is 4.58 Å². The van der Waals surface area contributed by atoms with E-state index in [1.807, 2.05) is 0 Å². The molecule has 0 saturated carbocycles. The molecular formula is C15H18N+. The number of hydrogen-bond donors (Lipinski definition) is 0. The molecule has 0 radical (unpaired) electrons. The first kappa shape index (κ1) is 9.83. The number of benzene rings is 1. The van der Waals surface area contributed by atoms with E-state index in [0.29, 0.717) is 0 Å². The Bertz CT molecular complexity index is 491. The van der Waals surface area contributed by atoms with E-state index in [0.717, 1.165) is 0 Å². The second-order valence-corrected chi connectivity index (χ2v) is 4.76. The Morgan fingerprint density at radius 2 is 1.50 bits per heavy atom. The van der Waals surface area contributed by atoms with Crippen LogP contribution < -0.4 is 9.93 Å². The average Bonchev–Trinajstić information content (AvgIpc) is 3.04. The van der Waals surface area contributed by atoms with Crippen molar-refractivity contribution in [3.8, 4) is 0 Å². The Morgan fingerprint density at radius 1 is 0.875 bits per heavy atom. The SMILES string of the molecule is C[N+](c1ccccc1)=c1c2c1CCCCC2. The number of para-hydroxylation sites is 1. The van der Waals surface area contributed by atoms with Gasteiger partial charge in [-0.15, -0.1) is 0 Å². The quantitative estimate of drug-likeness (QED) is 0.505. The third kappa shape index (κ3) is 1.60. The lowest BCUT2D eigenvalue weighted by atomic mass is 10.2. The first-order chi connectivity index (χ1) is 7.88. The summed E-state index contributed by atoms with van der Waals surface area (Å²) in [4.78, 5) is 0. The van der Waals surface area contributed by atoms with Gasteiger partial charge < -0.3 is 0 Å². The highest BCUT2D eigenvalue weighted by molar-refractivity contribution is 5.45. The normalized spacial score (nSPS) is 15.8. The van der Waals surface area contributed by atoms with Gasteiger partial charge in [0.15, 0.2) is 0 Å². The molecule has 1 heteroatoms. The molecule has 0 amide bonds. The molecule has 1 nitrogen and oxygen atoms in total. The minimum absolute atomic E-state index is 1.31. The smallest absolute Gasteiger partial charge is 0.195 e. The lowest BCUT2D eigenvalue weighted by Crippen LogP contribution is -2.15. The van der Waals surface area contributed by atoms with Crippen LogP contribution in [-0.2, 0) is 12.8 Å². The van der Waals surface area contributed by atoms with Gasteiger partial charge in [0.1, 0.15) is 7.05 Å². The molecule has 1 aliphatic carbocycles. The van der Waals surface area contributed by atoms with Gasteiger partial charge in [0.25, 0.3) is 0 Å². The topological polar surface area (TPSA) is 3.01 Å². The minimum Gasteiger partial charge on any atom is -0.195 e. The summed E-state index contributed by atoms with van der Waals surface area (Å²) in [7, 11) is 2.19. The molecule has 2 aromatic rings. The molecule has 1 aliphatic rings. The van der Waals surface area contributed by atoms with Crippen LogP contribution in [0.15, 0.2) is 30.3 Å². The van der Waals surface area contributed by atoms with Gasteiger partial charge in [-0.3, -0.25) is 0 Å². The second-order valence-electron chi connectivity index (χ2n) is 4.76. The van der Waals surface area contributed by atoms with Gasteiger partial charge in [-0.25, -0.2) is 0 Å². The monoisotopic (exact) mass is 212 g/mol. The first-order valence-electron chi connectivity index (χ1n) is 6.26. The molecule has 0 unspecified atom stereocenters. The van der Waals surface area contributed by atoms with Crippen molar-refractivity contribution in [2.24, 2.45) is 0 Å². The van der Waals surface area contributed by atoms with Crippen LogP contribution in [0.4, 0.5) is 5.69 Å². The maximum atomic E-state index is 2.36. The summed E-state index contributed by atoms with van der Waals surface area (Å²) in [5.74, 6) is 0. The Kier molecular flexibility index (Phi) is 2.39. The van der Waals surface area contributed by atoms with E-state index < -0.39 is 0 Å². The summed E-state index contributed by atoms with van der Waals surface area (Å²) in [6.45, 7) is 0. The van der Waals surface area contributed by atoms with E-state index in [2.05, 4.69) is 42.0 Å². The van der Waals surface area contributed by atoms with E-state index in [9.17, 15) is 0 Å². The average molecular weight is 212 g/mol. The van der Waals surface area contributed by atoms with Crippen LogP contribution in [0.5, 0.6) is 0 Å². The molecule has 82 valence electrons. The zero-order valence-corrected chi connectivity index (χ0v) is 9.87. The van der Waals surface area contributed by atoms with E-state index >= 15 is 0 Å². The van der Waals surface area contributed by atoms with Gasteiger partial charge in [-0.05, 0) is 25.7 Å². The first-order valence-corrected chi connectivity index (χ1v) is 6.26. The third-order valence-corrected chi connectivity index (χ3v) is 3.71. The molecule has 3 rings (SSSR count). The molecule has 0 fully saturated rings. The molecule has 0 aromatic heterocycles. The molecule has 0 atom stereocenters. The summed E-state index contributed by atoms with van der Waals surface area (Å²) in [5.41, 5.74) is 4.62. The summed E-state index contributed by atoms with van der Waals surface area (Å²) in [6.07, 6.45) is 6.79. The number of fused-ring (bicyclic) bond motifs is 1. The highest BCUT2D eigenvalue weighted by Gasteiger charge is 2.28. The molecule has 2 aromatic carbocycles. The molecule has 0 saturated heterocycles. The largest absolute Gasteiger partial charge is 0.212 e. The van der Waals surface area contributed by atoms with Crippen molar-refractivity contribution in [1.29, 1.82) is 0 Å². The van der Waals surface area contributed by atoms with Crippen molar-refractivity contribution in [1.82, 2.24) is 4.58 Å². The van der Waals surface area contributed by atoms with Crippen molar-refractivity contribution in [3.05, 3.63) is 46.8 Å².